The first-order valence-electron chi connectivity index (χ1n) is 4.78. The maximum absolute atomic E-state index is 13.3. The lowest BCUT2D eigenvalue weighted by molar-refractivity contribution is -0.137. The van der Waals surface area contributed by atoms with Crippen LogP contribution in [0.4, 0.5) is 4.39 Å². The Bertz CT molecular complexity index is 473. The molecule has 0 spiro atoms. The Morgan fingerprint density at radius 1 is 1.62 bits per heavy atom. The topological polar surface area (TPSA) is 49.7 Å². The van der Waals surface area contributed by atoms with Gasteiger partial charge >= 0.3 is 5.97 Å². The Morgan fingerprint density at radius 2 is 2.38 bits per heavy atom. The number of carbonyl (C=O) groups is 1. The molecule has 0 radical (unpaired) electrons. The third-order valence-electron chi connectivity index (χ3n) is 2.43. The molecule has 0 saturated heterocycles. The Kier molecular flexibility index (Phi) is 2.96. The van der Waals surface area contributed by atoms with Gasteiger partial charge in [-0.1, -0.05) is 12.1 Å². The van der Waals surface area contributed by atoms with Gasteiger partial charge in [-0.3, -0.25) is 4.99 Å². The number of carboxylic acid groups (broad SMARTS) is 1. The summed E-state index contributed by atoms with van der Waals surface area (Å²) in [5.74, 6) is -0.809. The highest BCUT2D eigenvalue weighted by Gasteiger charge is 2.26. The number of aliphatic imine (C=N–C) groups is 1. The molecule has 84 valence electrons. The fourth-order valence-corrected chi connectivity index (χ4v) is 2.60. The summed E-state index contributed by atoms with van der Waals surface area (Å²) in [5.41, 5.74) is 1.20. The maximum Gasteiger partial charge on any atom is 0.329 e. The van der Waals surface area contributed by atoms with Gasteiger partial charge in [0.1, 0.15) is 5.82 Å². The number of carboxylic acids is 1. The van der Waals surface area contributed by atoms with E-state index in [4.69, 9.17) is 5.11 Å². The van der Waals surface area contributed by atoms with Gasteiger partial charge in [-0.15, -0.1) is 11.8 Å². The Balaban J connectivity index is 2.36. The third kappa shape index (κ3) is 1.95. The van der Waals surface area contributed by atoms with Crippen molar-refractivity contribution in [2.45, 2.75) is 13.0 Å². The highest BCUT2D eigenvalue weighted by Crippen LogP contribution is 2.26. The minimum atomic E-state index is -0.934. The lowest BCUT2D eigenvalue weighted by atomic mass is 10.1. The summed E-state index contributed by atoms with van der Waals surface area (Å²) in [6.45, 7) is 1.67. The van der Waals surface area contributed by atoms with Crippen molar-refractivity contribution >= 4 is 22.8 Å². The number of nitrogens with zero attached hydrogens (tertiary/aromatic N) is 1. The SMILES string of the molecule is Cc1c(F)cccc1C1=NC(C(=O)O)CS1. The van der Waals surface area contributed by atoms with Crippen molar-refractivity contribution in [1.29, 1.82) is 0 Å². The van der Waals surface area contributed by atoms with Crippen LogP contribution in [-0.4, -0.2) is 27.9 Å². The van der Waals surface area contributed by atoms with Crippen LogP contribution in [0.25, 0.3) is 0 Å². The van der Waals surface area contributed by atoms with Gasteiger partial charge in [0, 0.05) is 11.3 Å². The molecule has 3 nitrogen and oxygen atoms in total. The number of hydrogen-bond donors (Lipinski definition) is 1. The molecular weight excluding hydrogens is 229 g/mol. The molecule has 0 fully saturated rings. The van der Waals surface area contributed by atoms with Gasteiger partial charge in [-0.25, -0.2) is 9.18 Å². The molecule has 0 saturated carbocycles. The molecule has 1 aliphatic rings. The van der Waals surface area contributed by atoms with E-state index in [1.54, 1.807) is 19.1 Å². The molecule has 2 rings (SSSR count). The van der Waals surface area contributed by atoms with Crippen molar-refractivity contribution in [1.82, 2.24) is 0 Å². The summed E-state index contributed by atoms with van der Waals surface area (Å²) >= 11 is 1.36. The van der Waals surface area contributed by atoms with E-state index in [-0.39, 0.29) is 5.82 Å². The Labute approximate surface area is 96.4 Å². The fourth-order valence-electron chi connectivity index (χ4n) is 1.49. The van der Waals surface area contributed by atoms with E-state index in [1.165, 1.54) is 17.8 Å². The zero-order chi connectivity index (χ0) is 11.7. The number of thioether (sulfide) groups is 1. The number of hydrogen-bond acceptors (Lipinski definition) is 3. The van der Waals surface area contributed by atoms with Gasteiger partial charge in [-0.2, -0.15) is 0 Å². The average molecular weight is 239 g/mol. The number of halogens is 1. The minimum absolute atomic E-state index is 0.292. The summed E-state index contributed by atoms with van der Waals surface area (Å²) < 4.78 is 13.3. The normalized spacial score (nSPS) is 19.6. The van der Waals surface area contributed by atoms with Gasteiger partial charge in [0.05, 0.1) is 5.04 Å². The smallest absolute Gasteiger partial charge is 0.329 e. The lowest BCUT2D eigenvalue weighted by Crippen LogP contribution is -2.17. The first-order chi connectivity index (χ1) is 7.59. The second-order valence-corrected chi connectivity index (χ2v) is 4.52. The van der Waals surface area contributed by atoms with Crippen LogP contribution in [0.15, 0.2) is 23.2 Å². The lowest BCUT2D eigenvalue weighted by Gasteiger charge is -2.04. The molecule has 0 amide bonds. The van der Waals surface area contributed by atoms with E-state index in [2.05, 4.69) is 4.99 Å². The molecule has 1 unspecified atom stereocenters. The van der Waals surface area contributed by atoms with E-state index >= 15 is 0 Å². The highest BCUT2D eigenvalue weighted by molar-refractivity contribution is 8.14. The van der Waals surface area contributed by atoms with E-state index in [0.717, 1.165) is 0 Å². The van der Waals surface area contributed by atoms with Gasteiger partial charge in [0.25, 0.3) is 0 Å². The van der Waals surface area contributed by atoms with Gasteiger partial charge < -0.3 is 5.11 Å². The predicted octanol–water partition coefficient (Wildman–Crippen LogP) is 2.08. The highest BCUT2D eigenvalue weighted by atomic mass is 32.2. The van der Waals surface area contributed by atoms with Crippen LogP contribution < -0.4 is 0 Å². The van der Waals surface area contributed by atoms with Crippen molar-refractivity contribution < 1.29 is 14.3 Å². The Hall–Kier alpha value is -1.36. The fraction of sp³-hybridized carbons (Fsp3) is 0.273. The molecular formula is C11H10FNO2S. The van der Waals surface area contributed by atoms with Crippen molar-refractivity contribution in [3.63, 3.8) is 0 Å². The monoisotopic (exact) mass is 239 g/mol. The molecule has 0 aromatic heterocycles. The van der Waals surface area contributed by atoms with Crippen molar-refractivity contribution in [2.75, 3.05) is 5.75 Å². The zero-order valence-corrected chi connectivity index (χ0v) is 9.42. The van der Waals surface area contributed by atoms with E-state index in [9.17, 15) is 9.18 Å². The molecule has 1 aromatic carbocycles. The van der Waals surface area contributed by atoms with Crippen LogP contribution >= 0.6 is 11.8 Å². The number of benzene rings is 1. The molecule has 1 aliphatic heterocycles. The molecule has 0 aliphatic carbocycles. The molecule has 16 heavy (non-hydrogen) atoms. The van der Waals surface area contributed by atoms with Crippen molar-refractivity contribution in [3.8, 4) is 0 Å². The molecule has 1 aromatic rings. The first kappa shape index (κ1) is 11.1. The van der Waals surface area contributed by atoms with Gasteiger partial charge in [0.2, 0.25) is 0 Å². The number of rotatable bonds is 2. The predicted molar refractivity (Wildman–Crippen MR) is 61.6 cm³/mol. The minimum Gasteiger partial charge on any atom is -0.480 e. The van der Waals surface area contributed by atoms with E-state index < -0.39 is 12.0 Å². The molecule has 5 heteroatoms. The van der Waals surface area contributed by atoms with Gasteiger partial charge in [0.15, 0.2) is 6.04 Å². The summed E-state index contributed by atoms with van der Waals surface area (Å²) in [6, 6.07) is 4.04. The van der Waals surface area contributed by atoms with Crippen LogP contribution in [-0.2, 0) is 4.79 Å². The van der Waals surface area contributed by atoms with E-state index in [1.807, 2.05) is 0 Å². The van der Waals surface area contributed by atoms with Crippen molar-refractivity contribution in [3.05, 3.63) is 35.1 Å². The molecule has 1 atom stereocenters. The summed E-state index contributed by atoms with van der Waals surface area (Å²) in [5, 5.41) is 9.42. The second kappa shape index (κ2) is 4.25. The molecule has 0 bridgehead atoms. The first-order valence-corrected chi connectivity index (χ1v) is 5.77. The van der Waals surface area contributed by atoms with Crippen molar-refractivity contribution in [2.24, 2.45) is 4.99 Å². The third-order valence-corrected chi connectivity index (χ3v) is 3.52. The molecule has 1 N–H and O–H groups in total. The quantitative estimate of drug-likeness (QED) is 0.859. The summed E-state index contributed by atoms with van der Waals surface area (Å²) in [4.78, 5) is 14.8. The van der Waals surface area contributed by atoms with Crippen LogP contribution in [0.3, 0.4) is 0 Å². The van der Waals surface area contributed by atoms with Crippen LogP contribution in [0, 0.1) is 12.7 Å². The summed E-state index contributed by atoms with van der Waals surface area (Å²) in [6.07, 6.45) is 0. The van der Waals surface area contributed by atoms with Crippen LogP contribution in [0.5, 0.6) is 0 Å². The second-order valence-electron chi connectivity index (χ2n) is 3.51. The van der Waals surface area contributed by atoms with Gasteiger partial charge in [-0.05, 0) is 18.6 Å². The van der Waals surface area contributed by atoms with Crippen LogP contribution in [0.1, 0.15) is 11.1 Å². The van der Waals surface area contributed by atoms with E-state index in [0.29, 0.717) is 21.9 Å². The molecule has 1 heterocycles. The summed E-state index contributed by atoms with van der Waals surface area (Å²) in [7, 11) is 0. The largest absolute Gasteiger partial charge is 0.480 e. The van der Waals surface area contributed by atoms with Crippen LogP contribution in [0.2, 0.25) is 0 Å². The standard InChI is InChI=1S/C11H10FNO2S/c1-6-7(3-2-4-8(6)12)10-13-9(5-16-10)11(14)15/h2-4,9H,5H2,1H3,(H,14,15). The Morgan fingerprint density at radius 3 is 3.00 bits per heavy atom. The maximum atomic E-state index is 13.3. The zero-order valence-electron chi connectivity index (χ0n) is 8.61. The number of aliphatic carboxylic acids is 1. The average Bonchev–Trinajstić information content (AvgIpc) is 2.71.